The van der Waals surface area contributed by atoms with E-state index in [1.54, 1.807) is 0 Å². The normalized spacial score (nSPS) is 9.23. The Bertz CT molecular complexity index is 60.6. The lowest BCUT2D eigenvalue weighted by Crippen LogP contribution is -1.85. The van der Waals surface area contributed by atoms with Gasteiger partial charge in [0, 0.05) is 26.4 Å². The van der Waals surface area contributed by atoms with E-state index in [9.17, 15) is 0 Å². The molecule has 4 nitrogen and oxygen atoms in total. The molecule has 0 amide bonds. The molecule has 0 heterocycles. The third-order valence-electron chi connectivity index (χ3n) is 1.38. The molecule has 4 heteroatoms. The highest BCUT2D eigenvalue weighted by molar-refractivity contribution is 4.39. The number of aliphatic hydroxyl groups is 4. The second-order valence-corrected chi connectivity index (χ2v) is 2.66. The summed E-state index contributed by atoms with van der Waals surface area (Å²) in [5.41, 5.74) is 0. The van der Waals surface area contributed by atoms with E-state index < -0.39 is 0 Å². The maximum atomic E-state index is 8.30. The van der Waals surface area contributed by atoms with Crippen molar-refractivity contribution < 1.29 is 20.4 Å². The van der Waals surface area contributed by atoms with Gasteiger partial charge in [-0.3, -0.25) is 0 Å². The van der Waals surface area contributed by atoms with Gasteiger partial charge in [-0.15, -0.1) is 0 Å². The molecule has 0 radical (unpaired) electrons. The predicted octanol–water partition coefficient (Wildman–Crippen LogP) is -0.108. The zero-order valence-corrected chi connectivity index (χ0v) is 8.15. The Hall–Kier alpha value is -0.160. The van der Waals surface area contributed by atoms with Crippen molar-refractivity contribution in [3.63, 3.8) is 0 Å². The molecule has 13 heavy (non-hydrogen) atoms. The van der Waals surface area contributed by atoms with Crippen LogP contribution in [0.4, 0.5) is 0 Å². The Morgan fingerprint density at radius 3 is 0.846 bits per heavy atom. The number of hydrogen-bond acceptors (Lipinski definition) is 4. The Labute approximate surface area is 79.8 Å². The molecule has 0 spiro atoms. The molecule has 0 bridgehead atoms. The van der Waals surface area contributed by atoms with Gasteiger partial charge < -0.3 is 20.4 Å². The first kappa shape index (κ1) is 15.3. The van der Waals surface area contributed by atoms with Crippen LogP contribution < -0.4 is 0 Å². The highest BCUT2D eigenvalue weighted by Crippen LogP contribution is 1.96. The molecular weight excluding hydrogens is 172 g/mol. The number of hydrogen-bond donors (Lipinski definition) is 4. The van der Waals surface area contributed by atoms with Gasteiger partial charge in [0.15, 0.2) is 0 Å². The van der Waals surface area contributed by atoms with E-state index in [-0.39, 0.29) is 26.4 Å². The van der Waals surface area contributed by atoms with Gasteiger partial charge in [0.25, 0.3) is 0 Å². The predicted molar refractivity (Wildman–Crippen MR) is 51.4 cm³/mol. The fourth-order valence-corrected chi connectivity index (χ4v) is 0.648. The lowest BCUT2D eigenvalue weighted by molar-refractivity contribution is 0.221. The number of aliphatic hydroxyl groups excluding tert-OH is 4. The van der Waals surface area contributed by atoms with Crippen LogP contribution in [0.3, 0.4) is 0 Å². The molecule has 0 atom stereocenters. The first-order chi connectivity index (χ1) is 6.33. The lowest BCUT2D eigenvalue weighted by Gasteiger charge is -1.93. The van der Waals surface area contributed by atoms with Crippen molar-refractivity contribution in [2.24, 2.45) is 0 Å². The standard InChI is InChI=1S/C6H14O2.C3H8O2/c7-5-3-1-2-4-6-8;4-2-1-3-5/h7-8H,1-6H2;4-5H,1-3H2. The van der Waals surface area contributed by atoms with Gasteiger partial charge in [-0.05, 0) is 19.3 Å². The van der Waals surface area contributed by atoms with E-state index >= 15 is 0 Å². The van der Waals surface area contributed by atoms with Crippen molar-refractivity contribution in [2.75, 3.05) is 26.4 Å². The second-order valence-electron chi connectivity index (χ2n) is 2.66. The first-order valence-electron chi connectivity index (χ1n) is 4.76. The van der Waals surface area contributed by atoms with Gasteiger partial charge in [-0.1, -0.05) is 12.8 Å². The van der Waals surface area contributed by atoms with Crippen LogP contribution in [0.5, 0.6) is 0 Å². The average Bonchev–Trinajstić information content (AvgIpc) is 2.15. The molecule has 0 rings (SSSR count). The molecule has 0 aliphatic carbocycles. The second kappa shape index (κ2) is 17.8. The summed E-state index contributed by atoms with van der Waals surface area (Å²) < 4.78 is 0. The molecule has 0 unspecified atom stereocenters. The summed E-state index contributed by atoms with van der Waals surface area (Å²) in [6.45, 7) is 0.754. The fourth-order valence-electron chi connectivity index (χ4n) is 0.648. The summed E-state index contributed by atoms with van der Waals surface area (Å²) in [5, 5.41) is 32.4. The molecule has 0 aromatic carbocycles. The van der Waals surface area contributed by atoms with Crippen LogP contribution in [0.2, 0.25) is 0 Å². The monoisotopic (exact) mass is 194 g/mol. The first-order valence-corrected chi connectivity index (χ1v) is 4.76. The van der Waals surface area contributed by atoms with Gasteiger partial charge in [-0.25, -0.2) is 0 Å². The van der Waals surface area contributed by atoms with Gasteiger partial charge in [0.2, 0.25) is 0 Å². The zero-order valence-electron chi connectivity index (χ0n) is 8.15. The average molecular weight is 194 g/mol. The minimum absolute atomic E-state index is 0.0938. The largest absolute Gasteiger partial charge is 0.396 e. The van der Waals surface area contributed by atoms with Crippen molar-refractivity contribution in [3.05, 3.63) is 0 Å². The molecule has 0 saturated carbocycles. The van der Waals surface area contributed by atoms with Crippen LogP contribution in [-0.4, -0.2) is 46.9 Å². The Morgan fingerprint density at radius 1 is 0.385 bits per heavy atom. The zero-order chi connectivity index (χ0) is 10.4. The summed E-state index contributed by atoms with van der Waals surface area (Å²) >= 11 is 0. The van der Waals surface area contributed by atoms with Crippen LogP contribution in [-0.2, 0) is 0 Å². The lowest BCUT2D eigenvalue weighted by atomic mass is 10.2. The summed E-state index contributed by atoms with van der Waals surface area (Å²) in [7, 11) is 0. The Morgan fingerprint density at radius 2 is 0.692 bits per heavy atom. The maximum Gasteiger partial charge on any atom is 0.0452 e. The summed E-state index contributed by atoms with van der Waals surface area (Å²) in [6.07, 6.45) is 4.33. The van der Waals surface area contributed by atoms with E-state index in [4.69, 9.17) is 20.4 Å². The molecule has 0 aromatic rings. The molecular formula is C9H22O4. The number of unbranched alkanes of at least 4 members (excludes halogenated alkanes) is 3. The topological polar surface area (TPSA) is 80.9 Å². The highest BCUT2D eigenvalue weighted by atomic mass is 16.3. The van der Waals surface area contributed by atoms with E-state index in [1.807, 2.05) is 0 Å². The van der Waals surface area contributed by atoms with Crippen LogP contribution in [0.15, 0.2) is 0 Å². The van der Waals surface area contributed by atoms with E-state index in [2.05, 4.69) is 0 Å². The van der Waals surface area contributed by atoms with Crippen LogP contribution in [0.1, 0.15) is 32.1 Å². The van der Waals surface area contributed by atoms with Gasteiger partial charge in [-0.2, -0.15) is 0 Å². The van der Waals surface area contributed by atoms with Crippen molar-refractivity contribution in [2.45, 2.75) is 32.1 Å². The van der Waals surface area contributed by atoms with Crippen molar-refractivity contribution >= 4 is 0 Å². The van der Waals surface area contributed by atoms with E-state index in [0.29, 0.717) is 6.42 Å². The quantitative estimate of drug-likeness (QED) is 0.426. The Kier molecular flexibility index (Phi) is 21.0. The molecule has 82 valence electrons. The molecule has 0 fully saturated rings. The van der Waals surface area contributed by atoms with Crippen LogP contribution >= 0.6 is 0 Å². The molecule has 0 saturated heterocycles. The maximum absolute atomic E-state index is 8.30. The van der Waals surface area contributed by atoms with Crippen LogP contribution in [0, 0.1) is 0 Å². The van der Waals surface area contributed by atoms with Gasteiger partial charge >= 0.3 is 0 Å². The van der Waals surface area contributed by atoms with Crippen molar-refractivity contribution in [3.8, 4) is 0 Å². The third kappa shape index (κ3) is 24.5. The summed E-state index contributed by atoms with van der Waals surface area (Å²) in [6, 6.07) is 0. The highest BCUT2D eigenvalue weighted by Gasteiger charge is 1.84. The van der Waals surface area contributed by atoms with Gasteiger partial charge in [0.1, 0.15) is 0 Å². The molecule has 4 N–H and O–H groups in total. The van der Waals surface area contributed by atoms with E-state index in [1.165, 1.54) is 0 Å². The van der Waals surface area contributed by atoms with Crippen molar-refractivity contribution in [1.82, 2.24) is 0 Å². The fraction of sp³-hybridized carbons (Fsp3) is 1.00. The van der Waals surface area contributed by atoms with E-state index in [0.717, 1.165) is 25.7 Å². The van der Waals surface area contributed by atoms with Gasteiger partial charge in [0.05, 0.1) is 0 Å². The minimum Gasteiger partial charge on any atom is -0.396 e. The minimum atomic E-state index is 0.0938. The third-order valence-corrected chi connectivity index (χ3v) is 1.38. The summed E-state index contributed by atoms with van der Waals surface area (Å²) in [5.74, 6) is 0. The Balaban J connectivity index is 0. The molecule has 0 aliphatic heterocycles. The number of rotatable bonds is 7. The van der Waals surface area contributed by atoms with Crippen molar-refractivity contribution in [1.29, 1.82) is 0 Å². The molecule has 0 aromatic heterocycles. The summed E-state index contributed by atoms with van der Waals surface area (Å²) in [4.78, 5) is 0. The molecule has 0 aliphatic rings. The smallest absolute Gasteiger partial charge is 0.0452 e. The van der Waals surface area contributed by atoms with Crippen LogP contribution in [0.25, 0.3) is 0 Å². The SMILES string of the molecule is OCCCCCCO.OCCCO.